The number of hydrogen-bond donors (Lipinski definition) is 1. The van der Waals surface area contributed by atoms with Crippen LogP contribution < -0.4 is 15.8 Å². The molecule has 4 aromatic heterocycles. The van der Waals surface area contributed by atoms with Gasteiger partial charge < -0.3 is 15.1 Å². The smallest absolute Gasteiger partial charge is 0.263 e. The second-order valence-electron chi connectivity index (χ2n) is 11.5. The van der Waals surface area contributed by atoms with E-state index in [1.165, 1.54) is 25.3 Å². The van der Waals surface area contributed by atoms with E-state index in [0.717, 1.165) is 31.4 Å². The predicted octanol–water partition coefficient (Wildman–Crippen LogP) is 3.38. The molecule has 4 aromatic rings. The molecule has 0 spiro atoms. The number of piperazine rings is 1. The van der Waals surface area contributed by atoms with Gasteiger partial charge in [-0.1, -0.05) is 12.8 Å². The maximum Gasteiger partial charge on any atom is 0.263 e. The van der Waals surface area contributed by atoms with Gasteiger partial charge in [0.15, 0.2) is 11.6 Å². The maximum atomic E-state index is 13.5. The molecule has 1 amide bonds. The summed E-state index contributed by atoms with van der Waals surface area (Å²) in [6, 6.07) is 3.78. The topological polar surface area (TPSA) is 148 Å². The molecule has 232 valence electrons. The summed E-state index contributed by atoms with van der Waals surface area (Å²) in [6.07, 6.45) is 12.9. The van der Waals surface area contributed by atoms with Crippen LogP contribution in [0.4, 0.5) is 17.5 Å². The number of aromatic nitrogens is 6. The molecule has 0 aromatic carbocycles. The van der Waals surface area contributed by atoms with Gasteiger partial charge >= 0.3 is 0 Å². The normalized spacial score (nSPS) is 15.7. The Bertz CT molecular complexity index is 1860. The number of pyridine rings is 2. The highest BCUT2D eigenvalue weighted by atomic mass is 16.2. The lowest BCUT2D eigenvalue weighted by atomic mass is 10.0. The van der Waals surface area contributed by atoms with Crippen molar-refractivity contribution < 1.29 is 14.4 Å². The van der Waals surface area contributed by atoms with Crippen molar-refractivity contribution in [2.45, 2.75) is 45.6 Å². The number of hydrogen-bond acceptors (Lipinski definition) is 10. The van der Waals surface area contributed by atoms with E-state index < -0.39 is 0 Å². The molecule has 0 radical (unpaired) electrons. The third-order valence-corrected chi connectivity index (χ3v) is 8.56. The van der Waals surface area contributed by atoms with E-state index in [4.69, 9.17) is 4.98 Å². The number of ketones is 2. The second-order valence-corrected chi connectivity index (χ2v) is 11.5. The highest BCUT2D eigenvalue weighted by Crippen LogP contribution is 2.32. The van der Waals surface area contributed by atoms with Gasteiger partial charge in [-0.2, -0.15) is 10.1 Å². The molecule has 0 atom stereocenters. The number of nitrogens with zero attached hydrogens (tertiary/aromatic N) is 8. The quantitative estimate of drug-likeness (QED) is 0.233. The monoisotopic (exact) mass is 609 g/mol. The minimum absolute atomic E-state index is 0.0000250. The standard InChI is InChI=1S/C32H35N9O4/c1-20-25-18-34-32(37-30(25)41(23-6-4-5-7-23)31(45)29(20)21(2)42)36-27-10-8-24(17-33-27)39-12-14-40(15-13-39)28(44)11-9-26(43)22-16-35-38(3)19-22/h8-11,16-19,23H,4-7,12-15H2,1-3H3,(H,33,34,36,37)/b11-9+. The Kier molecular flexibility index (Phi) is 8.24. The molecule has 1 aliphatic carbocycles. The van der Waals surface area contributed by atoms with Gasteiger partial charge in [-0.15, -0.1) is 0 Å². The zero-order chi connectivity index (χ0) is 31.7. The molecule has 1 N–H and O–H groups in total. The first-order valence-corrected chi connectivity index (χ1v) is 15.1. The molecule has 5 heterocycles. The summed E-state index contributed by atoms with van der Waals surface area (Å²) in [5.74, 6) is 0.138. The first-order chi connectivity index (χ1) is 21.7. The molecule has 45 heavy (non-hydrogen) atoms. The summed E-state index contributed by atoms with van der Waals surface area (Å²) in [6.45, 7) is 5.48. The van der Waals surface area contributed by atoms with Gasteiger partial charge in [-0.05, 0) is 50.5 Å². The Balaban J connectivity index is 1.12. The summed E-state index contributed by atoms with van der Waals surface area (Å²) in [5.41, 5.74) is 2.38. The van der Waals surface area contributed by atoms with Gasteiger partial charge in [0.1, 0.15) is 11.5 Å². The second kappa shape index (κ2) is 12.4. The summed E-state index contributed by atoms with van der Waals surface area (Å²) >= 11 is 0. The molecule has 1 saturated heterocycles. The van der Waals surface area contributed by atoms with E-state index in [1.807, 2.05) is 12.1 Å². The van der Waals surface area contributed by atoms with E-state index in [-0.39, 0.29) is 34.6 Å². The number of amides is 1. The van der Waals surface area contributed by atoms with Crippen molar-refractivity contribution in [3.8, 4) is 0 Å². The molecule has 1 aliphatic heterocycles. The highest BCUT2D eigenvalue weighted by Gasteiger charge is 2.26. The first-order valence-electron chi connectivity index (χ1n) is 15.1. The van der Waals surface area contributed by atoms with Crippen molar-refractivity contribution in [2.24, 2.45) is 7.05 Å². The largest absolute Gasteiger partial charge is 0.367 e. The lowest BCUT2D eigenvalue weighted by molar-refractivity contribution is -0.126. The van der Waals surface area contributed by atoms with E-state index in [2.05, 4.69) is 25.3 Å². The number of carbonyl (C=O) groups excluding carboxylic acids is 3. The van der Waals surface area contributed by atoms with Crippen LogP contribution in [0.15, 0.2) is 53.9 Å². The van der Waals surface area contributed by atoms with Crippen LogP contribution in [0.25, 0.3) is 11.0 Å². The average molecular weight is 610 g/mol. The predicted molar refractivity (Wildman–Crippen MR) is 169 cm³/mol. The number of nitrogens with one attached hydrogen (secondary N) is 1. The molecule has 2 fully saturated rings. The lowest BCUT2D eigenvalue weighted by Gasteiger charge is -2.35. The van der Waals surface area contributed by atoms with Gasteiger partial charge in [0.2, 0.25) is 11.9 Å². The van der Waals surface area contributed by atoms with Crippen LogP contribution in [-0.4, -0.2) is 77.9 Å². The van der Waals surface area contributed by atoms with E-state index in [0.29, 0.717) is 60.1 Å². The Morgan fingerprint density at radius 2 is 1.73 bits per heavy atom. The van der Waals surface area contributed by atoms with Crippen LogP contribution in [0.3, 0.4) is 0 Å². The number of allylic oxidation sites excluding steroid dienone is 1. The van der Waals surface area contributed by atoms with Crippen molar-refractivity contribution in [3.05, 3.63) is 76.1 Å². The molecular weight excluding hydrogens is 574 g/mol. The fourth-order valence-electron chi connectivity index (χ4n) is 6.15. The molecule has 0 unspecified atom stereocenters. The first kappa shape index (κ1) is 29.9. The van der Waals surface area contributed by atoms with Crippen LogP contribution in [0, 0.1) is 6.92 Å². The minimum atomic E-state index is -0.289. The number of anilines is 3. The molecule has 1 saturated carbocycles. The minimum Gasteiger partial charge on any atom is -0.367 e. The zero-order valence-corrected chi connectivity index (χ0v) is 25.6. The summed E-state index contributed by atoms with van der Waals surface area (Å²) in [4.78, 5) is 68.4. The van der Waals surface area contributed by atoms with Crippen molar-refractivity contribution in [3.63, 3.8) is 0 Å². The number of rotatable bonds is 8. The summed E-state index contributed by atoms with van der Waals surface area (Å²) in [5, 5.41) is 7.82. The van der Waals surface area contributed by atoms with Gasteiger partial charge in [-0.25, -0.2) is 9.97 Å². The molecular formula is C32H35N9O4. The Morgan fingerprint density at radius 1 is 0.978 bits per heavy atom. The van der Waals surface area contributed by atoms with Crippen LogP contribution in [-0.2, 0) is 11.8 Å². The Morgan fingerprint density at radius 3 is 2.38 bits per heavy atom. The average Bonchev–Trinajstić information content (AvgIpc) is 3.72. The highest BCUT2D eigenvalue weighted by molar-refractivity contribution is 6.07. The third kappa shape index (κ3) is 6.10. The van der Waals surface area contributed by atoms with Gasteiger partial charge in [0.25, 0.3) is 5.56 Å². The van der Waals surface area contributed by atoms with Crippen molar-refractivity contribution in [1.29, 1.82) is 0 Å². The lowest BCUT2D eigenvalue weighted by Crippen LogP contribution is -2.48. The van der Waals surface area contributed by atoms with Crippen LogP contribution >= 0.6 is 0 Å². The van der Waals surface area contributed by atoms with Crippen LogP contribution in [0.1, 0.15) is 64.9 Å². The SMILES string of the molecule is CC(=O)c1c(C)c2cnc(Nc3ccc(N4CCN(C(=O)/C=C/C(=O)c5cnn(C)c5)CC4)cn3)nc2n(C2CCCC2)c1=O. The van der Waals surface area contributed by atoms with Gasteiger partial charge in [-0.3, -0.25) is 28.4 Å². The molecule has 0 bridgehead atoms. The maximum absolute atomic E-state index is 13.5. The molecule has 6 rings (SSSR count). The Labute approximate surface area is 259 Å². The number of carbonyl (C=O) groups is 3. The number of aryl methyl sites for hydroxylation is 2. The van der Waals surface area contributed by atoms with Crippen LogP contribution in [0.5, 0.6) is 0 Å². The third-order valence-electron chi connectivity index (χ3n) is 8.56. The number of fused-ring (bicyclic) bond motifs is 1. The molecule has 13 heteroatoms. The zero-order valence-electron chi connectivity index (χ0n) is 25.6. The fraction of sp³-hybridized carbons (Fsp3) is 0.375. The van der Waals surface area contributed by atoms with Gasteiger partial charge in [0.05, 0.1) is 29.2 Å². The van der Waals surface area contributed by atoms with E-state index in [9.17, 15) is 19.2 Å². The van der Waals surface area contributed by atoms with E-state index in [1.54, 1.807) is 46.7 Å². The summed E-state index contributed by atoms with van der Waals surface area (Å²) < 4.78 is 3.23. The summed E-state index contributed by atoms with van der Waals surface area (Å²) in [7, 11) is 1.73. The molecule has 2 aliphatic rings. The molecule has 13 nitrogen and oxygen atoms in total. The van der Waals surface area contributed by atoms with Crippen molar-refractivity contribution in [1.82, 2.24) is 34.2 Å². The van der Waals surface area contributed by atoms with Gasteiger partial charge in [0, 0.05) is 63.1 Å². The van der Waals surface area contributed by atoms with Crippen LogP contribution in [0.2, 0.25) is 0 Å². The van der Waals surface area contributed by atoms with Crippen molar-refractivity contribution >= 4 is 46.0 Å². The van der Waals surface area contributed by atoms with E-state index >= 15 is 0 Å². The number of Topliss-reactive ketones (excluding diaryl/α,β-unsaturated/α-hetero) is 1. The Hall–Kier alpha value is -5.20. The van der Waals surface area contributed by atoms with Crippen molar-refractivity contribution in [2.75, 3.05) is 36.4 Å². The fourth-order valence-corrected chi connectivity index (χ4v) is 6.15.